The molecule has 1 fully saturated rings. The number of benzene rings is 1. The van der Waals surface area contributed by atoms with Crippen LogP contribution in [0.25, 0.3) is 0 Å². The maximum Gasteiger partial charge on any atom is 0.137 e. The predicted octanol–water partition coefficient (Wildman–Crippen LogP) is 3.28. The van der Waals surface area contributed by atoms with Crippen LogP contribution in [0, 0.1) is 5.82 Å². The zero-order valence-electron chi connectivity index (χ0n) is 9.93. The molecule has 94 valence electrons. The van der Waals surface area contributed by atoms with Crippen LogP contribution in [0.3, 0.4) is 0 Å². The molecule has 0 radical (unpaired) electrons. The second-order valence-electron chi connectivity index (χ2n) is 4.40. The lowest BCUT2D eigenvalue weighted by molar-refractivity contribution is 0.118. The molecule has 2 nitrogen and oxygen atoms in total. The molecule has 0 aromatic heterocycles. The van der Waals surface area contributed by atoms with Crippen molar-refractivity contribution < 1.29 is 9.13 Å². The van der Waals surface area contributed by atoms with Gasteiger partial charge in [0, 0.05) is 0 Å². The van der Waals surface area contributed by atoms with Crippen LogP contribution in [-0.2, 0) is 6.42 Å². The van der Waals surface area contributed by atoms with Gasteiger partial charge in [-0.2, -0.15) is 0 Å². The molecule has 0 aliphatic heterocycles. The number of hydrogen-bond acceptors (Lipinski definition) is 2. The van der Waals surface area contributed by atoms with Crippen molar-refractivity contribution in [2.45, 2.75) is 31.8 Å². The van der Waals surface area contributed by atoms with Crippen molar-refractivity contribution >= 4 is 15.9 Å². The highest BCUT2D eigenvalue weighted by Crippen LogP contribution is 2.34. The fourth-order valence-electron chi connectivity index (χ4n) is 1.85. The molecule has 1 N–H and O–H groups in total. The van der Waals surface area contributed by atoms with E-state index in [9.17, 15) is 4.39 Å². The van der Waals surface area contributed by atoms with E-state index in [0.29, 0.717) is 6.10 Å². The topological polar surface area (TPSA) is 21.3 Å². The first-order valence-corrected chi connectivity index (χ1v) is 6.79. The smallest absolute Gasteiger partial charge is 0.137 e. The van der Waals surface area contributed by atoms with E-state index in [2.05, 4.69) is 21.2 Å². The zero-order valence-corrected chi connectivity index (χ0v) is 11.5. The van der Waals surface area contributed by atoms with E-state index in [1.165, 1.54) is 12.5 Å². The second-order valence-corrected chi connectivity index (χ2v) is 5.25. The van der Waals surface area contributed by atoms with Gasteiger partial charge in [0.05, 0.1) is 10.6 Å². The number of halogens is 2. The standard InChI is InChI=1S/C13H17BrFNO/c1-16-6-5-9-7-10(15)8-12(14)13(9)17-11-3-2-4-11/h7-8,11,16H,2-6H2,1H3. The highest BCUT2D eigenvalue weighted by Gasteiger charge is 2.22. The van der Waals surface area contributed by atoms with Crippen LogP contribution in [0.4, 0.5) is 4.39 Å². The summed E-state index contributed by atoms with van der Waals surface area (Å²) in [5.41, 5.74) is 0.929. The molecule has 0 bridgehead atoms. The Morgan fingerprint density at radius 1 is 1.47 bits per heavy atom. The first-order chi connectivity index (χ1) is 8.20. The van der Waals surface area contributed by atoms with Gasteiger partial charge in [0.2, 0.25) is 0 Å². The predicted molar refractivity (Wildman–Crippen MR) is 70.0 cm³/mol. The first kappa shape index (κ1) is 12.8. The van der Waals surface area contributed by atoms with Crippen molar-refractivity contribution in [3.8, 4) is 5.75 Å². The second kappa shape index (κ2) is 5.83. The normalized spacial score (nSPS) is 15.7. The summed E-state index contributed by atoms with van der Waals surface area (Å²) in [6, 6.07) is 3.03. The summed E-state index contributed by atoms with van der Waals surface area (Å²) >= 11 is 3.39. The van der Waals surface area contributed by atoms with Gasteiger partial charge in [-0.3, -0.25) is 0 Å². The number of hydrogen-bond donors (Lipinski definition) is 1. The van der Waals surface area contributed by atoms with Crippen LogP contribution in [0.1, 0.15) is 24.8 Å². The average molecular weight is 302 g/mol. The van der Waals surface area contributed by atoms with Crippen LogP contribution in [0.2, 0.25) is 0 Å². The number of nitrogens with one attached hydrogen (secondary N) is 1. The van der Waals surface area contributed by atoms with E-state index in [1.54, 1.807) is 6.07 Å². The van der Waals surface area contributed by atoms with E-state index in [1.807, 2.05) is 7.05 Å². The Morgan fingerprint density at radius 3 is 2.82 bits per heavy atom. The molecule has 2 rings (SSSR count). The third-order valence-corrected chi connectivity index (χ3v) is 3.66. The Bertz CT molecular complexity index is 393. The average Bonchev–Trinajstić information content (AvgIpc) is 2.22. The molecular weight excluding hydrogens is 285 g/mol. The molecule has 0 unspecified atom stereocenters. The van der Waals surface area contributed by atoms with Crippen molar-refractivity contribution in [1.29, 1.82) is 0 Å². The number of rotatable bonds is 5. The van der Waals surface area contributed by atoms with E-state index in [-0.39, 0.29) is 5.82 Å². The van der Waals surface area contributed by atoms with Gasteiger partial charge in [-0.15, -0.1) is 0 Å². The van der Waals surface area contributed by atoms with Crippen molar-refractivity contribution in [3.05, 3.63) is 28.0 Å². The molecular formula is C13H17BrFNO. The molecule has 0 heterocycles. The zero-order chi connectivity index (χ0) is 12.3. The Balaban J connectivity index is 2.19. The summed E-state index contributed by atoms with van der Waals surface area (Å²) in [5, 5.41) is 3.07. The number of likely N-dealkylation sites (N-methyl/N-ethyl adjacent to an activating group) is 1. The van der Waals surface area contributed by atoms with Gasteiger partial charge in [0.1, 0.15) is 11.6 Å². The lowest BCUT2D eigenvalue weighted by Crippen LogP contribution is -2.25. The number of ether oxygens (including phenoxy) is 1. The lowest BCUT2D eigenvalue weighted by atomic mass is 9.96. The molecule has 1 aromatic rings. The molecule has 0 atom stereocenters. The first-order valence-electron chi connectivity index (χ1n) is 6.00. The minimum absolute atomic E-state index is 0.219. The van der Waals surface area contributed by atoms with E-state index < -0.39 is 0 Å². The van der Waals surface area contributed by atoms with Gasteiger partial charge in [-0.05, 0) is 72.9 Å². The van der Waals surface area contributed by atoms with Gasteiger partial charge in [0.15, 0.2) is 0 Å². The summed E-state index contributed by atoms with van der Waals surface area (Å²) in [7, 11) is 1.89. The maximum absolute atomic E-state index is 13.4. The quantitative estimate of drug-likeness (QED) is 0.901. The maximum atomic E-state index is 13.4. The van der Waals surface area contributed by atoms with E-state index in [0.717, 1.165) is 41.6 Å². The van der Waals surface area contributed by atoms with Crippen LogP contribution in [0.15, 0.2) is 16.6 Å². The summed E-state index contributed by atoms with van der Waals surface area (Å²) in [6.07, 6.45) is 4.53. The highest BCUT2D eigenvalue weighted by molar-refractivity contribution is 9.10. The lowest BCUT2D eigenvalue weighted by Gasteiger charge is -2.28. The Labute approximate surface area is 110 Å². The highest BCUT2D eigenvalue weighted by atomic mass is 79.9. The van der Waals surface area contributed by atoms with Gasteiger partial charge in [-0.25, -0.2) is 4.39 Å². The fraction of sp³-hybridized carbons (Fsp3) is 0.538. The molecule has 17 heavy (non-hydrogen) atoms. The Kier molecular flexibility index (Phi) is 4.40. The SMILES string of the molecule is CNCCc1cc(F)cc(Br)c1OC1CCC1. The molecule has 1 saturated carbocycles. The molecule has 0 amide bonds. The Hall–Kier alpha value is -0.610. The van der Waals surface area contributed by atoms with Gasteiger partial charge < -0.3 is 10.1 Å². The summed E-state index contributed by atoms with van der Waals surface area (Å²) < 4.78 is 20.0. The van der Waals surface area contributed by atoms with Crippen molar-refractivity contribution in [1.82, 2.24) is 5.32 Å². The van der Waals surface area contributed by atoms with Gasteiger partial charge in [-0.1, -0.05) is 0 Å². The summed E-state index contributed by atoms with van der Waals surface area (Å²) in [6.45, 7) is 0.816. The van der Waals surface area contributed by atoms with Gasteiger partial charge >= 0.3 is 0 Å². The van der Waals surface area contributed by atoms with Crippen LogP contribution >= 0.6 is 15.9 Å². The van der Waals surface area contributed by atoms with Crippen LogP contribution in [-0.4, -0.2) is 19.7 Å². The largest absolute Gasteiger partial charge is 0.489 e. The molecule has 1 aliphatic rings. The Morgan fingerprint density at radius 2 is 2.24 bits per heavy atom. The minimum atomic E-state index is -0.219. The molecule has 1 aliphatic carbocycles. The van der Waals surface area contributed by atoms with Crippen molar-refractivity contribution in [2.24, 2.45) is 0 Å². The van der Waals surface area contributed by atoms with Crippen LogP contribution in [0.5, 0.6) is 5.75 Å². The van der Waals surface area contributed by atoms with E-state index >= 15 is 0 Å². The molecule has 4 heteroatoms. The summed E-state index contributed by atoms with van der Waals surface area (Å²) in [5.74, 6) is 0.593. The van der Waals surface area contributed by atoms with Gasteiger partial charge in [0.25, 0.3) is 0 Å². The van der Waals surface area contributed by atoms with Crippen molar-refractivity contribution in [3.63, 3.8) is 0 Å². The third-order valence-electron chi connectivity index (χ3n) is 3.07. The fourth-order valence-corrected chi connectivity index (χ4v) is 2.41. The summed E-state index contributed by atoms with van der Waals surface area (Å²) in [4.78, 5) is 0. The minimum Gasteiger partial charge on any atom is -0.489 e. The van der Waals surface area contributed by atoms with Crippen molar-refractivity contribution in [2.75, 3.05) is 13.6 Å². The molecule has 0 saturated heterocycles. The molecule has 0 spiro atoms. The van der Waals surface area contributed by atoms with Crippen LogP contribution < -0.4 is 10.1 Å². The monoisotopic (exact) mass is 301 g/mol. The van der Waals surface area contributed by atoms with E-state index in [4.69, 9.17) is 4.74 Å². The molecule has 1 aromatic carbocycles. The third kappa shape index (κ3) is 3.19.